The first-order chi connectivity index (χ1) is 18.7. The van der Waals surface area contributed by atoms with Crippen LogP contribution in [0.5, 0.6) is 11.5 Å². The molecule has 0 saturated heterocycles. The Morgan fingerprint density at radius 2 is 0.974 bits per heavy atom. The minimum atomic E-state index is -2.10. The Labute approximate surface area is 233 Å². The summed E-state index contributed by atoms with van der Waals surface area (Å²) in [5.74, 6) is 1.63. The molecule has 0 spiro atoms. The van der Waals surface area contributed by atoms with Crippen LogP contribution in [0.2, 0.25) is 26.2 Å². The summed E-state index contributed by atoms with van der Waals surface area (Å²) in [4.78, 5) is 3.45. The van der Waals surface area contributed by atoms with Crippen LogP contribution in [0.1, 0.15) is 5.56 Å². The fourth-order valence-corrected chi connectivity index (χ4v) is 11.8. The van der Waals surface area contributed by atoms with Gasteiger partial charge in [-0.15, -0.1) is 0 Å². The van der Waals surface area contributed by atoms with E-state index < -0.39 is 16.6 Å². The molecule has 0 amide bonds. The smallest absolute Gasteiger partial charge is 0.213 e. The molecule has 0 unspecified atom stereocenters. The molecule has 0 saturated carbocycles. The van der Waals surface area contributed by atoms with Crippen molar-refractivity contribution in [3.8, 4) is 39.8 Å². The fraction of sp³-hybridized carbons (Fsp3) is 0.188. The third-order valence-corrected chi connectivity index (χ3v) is 12.2. The third-order valence-electron chi connectivity index (χ3n) is 6.11. The average Bonchev–Trinajstić information content (AvgIpc) is 2.95. The lowest BCUT2D eigenvalue weighted by molar-refractivity contribution is 0.329. The van der Waals surface area contributed by atoms with E-state index in [0.29, 0.717) is 23.7 Å². The van der Waals surface area contributed by atoms with Crippen LogP contribution < -0.4 is 9.47 Å². The summed E-state index contributed by atoms with van der Waals surface area (Å²) in [6, 6.07) is 33.4. The van der Waals surface area contributed by atoms with E-state index >= 15 is 0 Å². The topological polar surface area (TPSA) is 55.8 Å². The van der Waals surface area contributed by atoms with Crippen LogP contribution in [0, 0.1) is 17.9 Å². The molecular formula is C32H32N2O3Si2. The number of nitriles is 1. The van der Waals surface area contributed by atoms with Crippen LogP contribution in [-0.4, -0.2) is 29.1 Å². The maximum absolute atomic E-state index is 8.99. The molecule has 0 aliphatic heterocycles. The second kappa shape index (κ2) is 12.1. The van der Waals surface area contributed by atoms with Gasteiger partial charge >= 0.3 is 0 Å². The fourth-order valence-electron chi connectivity index (χ4n) is 4.27. The molecule has 0 N–H and O–H groups in total. The highest BCUT2D eigenvalue weighted by molar-refractivity contribution is 6.84. The quantitative estimate of drug-likeness (QED) is 0.147. The summed E-state index contributed by atoms with van der Waals surface area (Å²) < 4.78 is 18.9. The van der Waals surface area contributed by atoms with Crippen LogP contribution in [0.4, 0.5) is 5.69 Å². The summed E-state index contributed by atoms with van der Waals surface area (Å²) in [5.41, 5.74) is 5.60. The molecule has 4 aromatic carbocycles. The molecular weight excluding hydrogens is 517 g/mol. The first-order valence-corrected chi connectivity index (χ1v) is 19.0. The van der Waals surface area contributed by atoms with Crippen LogP contribution in [0.3, 0.4) is 0 Å². The molecule has 0 aromatic heterocycles. The van der Waals surface area contributed by atoms with Gasteiger partial charge in [-0.3, -0.25) is 0 Å². The molecule has 5 nitrogen and oxygen atoms in total. The molecule has 0 atom stereocenters. The predicted octanol–water partition coefficient (Wildman–Crippen LogP) is 8.41. The highest BCUT2D eigenvalue weighted by atomic mass is 28.4. The Bertz CT molecular complexity index is 1350. The van der Waals surface area contributed by atoms with Gasteiger partial charge in [0.1, 0.15) is 24.0 Å². The molecule has 0 fully saturated rings. The van der Waals surface area contributed by atoms with E-state index in [9.17, 15) is 0 Å². The lowest BCUT2D eigenvalue weighted by atomic mass is 10.0. The number of hydrogen-bond acceptors (Lipinski definition) is 4. The van der Waals surface area contributed by atoms with Gasteiger partial charge in [0.05, 0.1) is 18.2 Å². The molecule has 4 aromatic rings. The summed E-state index contributed by atoms with van der Waals surface area (Å²) in [6.07, 6.45) is 1.11. The molecule has 0 heterocycles. The van der Waals surface area contributed by atoms with Gasteiger partial charge in [0.25, 0.3) is 0 Å². The van der Waals surface area contributed by atoms with Gasteiger partial charge in [-0.25, -0.2) is 4.85 Å². The summed E-state index contributed by atoms with van der Waals surface area (Å²) in [6.45, 7) is 15.8. The molecule has 0 radical (unpaired) electrons. The lowest BCUT2D eigenvalue weighted by Gasteiger charge is -2.33. The molecule has 39 heavy (non-hydrogen) atoms. The van der Waals surface area contributed by atoms with Crippen LogP contribution in [0.25, 0.3) is 27.1 Å². The van der Waals surface area contributed by atoms with Gasteiger partial charge in [-0.2, -0.15) is 5.26 Å². The number of hydrogen-bond donors (Lipinski definition) is 0. The van der Waals surface area contributed by atoms with Crippen LogP contribution in [-0.2, 0) is 4.12 Å². The number of rotatable bonds is 10. The van der Waals surface area contributed by atoms with E-state index in [-0.39, 0.29) is 0 Å². The number of nitrogens with zero attached hydrogens (tertiary/aromatic N) is 2. The van der Waals surface area contributed by atoms with E-state index in [1.807, 2.05) is 97.1 Å². The number of benzene rings is 4. The van der Waals surface area contributed by atoms with Crippen molar-refractivity contribution in [2.75, 3.05) is 12.5 Å². The van der Waals surface area contributed by atoms with Gasteiger partial charge in [-0.1, -0.05) is 60.7 Å². The second-order valence-corrected chi connectivity index (χ2v) is 19.0. The van der Waals surface area contributed by atoms with E-state index in [4.69, 9.17) is 25.4 Å². The maximum atomic E-state index is 8.99. The Balaban J connectivity index is 1.28. The monoisotopic (exact) mass is 548 g/mol. The minimum absolute atomic E-state index is 0.556. The standard InChI is InChI=1S/C32H32N2O3Si2/c1-34-30-16-10-27(11-17-30)29-14-20-32(21-15-29)36-24-39(4,5)37-38(2,3)23-35-31-18-12-28(13-19-31)26-8-6-25(22-33)7-9-26/h6-21H,23-24H2,2-5H3. The molecule has 0 aliphatic carbocycles. The minimum Gasteiger partial charge on any atom is -0.494 e. The van der Waals surface area contributed by atoms with E-state index in [1.54, 1.807) is 0 Å². The second-order valence-electron chi connectivity index (χ2n) is 10.6. The van der Waals surface area contributed by atoms with Crippen molar-refractivity contribution in [1.29, 1.82) is 5.26 Å². The van der Waals surface area contributed by atoms with Gasteiger partial charge in [0.15, 0.2) is 5.69 Å². The Kier molecular flexibility index (Phi) is 8.68. The zero-order valence-electron chi connectivity index (χ0n) is 22.8. The van der Waals surface area contributed by atoms with E-state index in [2.05, 4.69) is 37.1 Å². The van der Waals surface area contributed by atoms with Gasteiger partial charge in [-0.05, 0) is 84.8 Å². The largest absolute Gasteiger partial charge is 0.494 e. The average molecular weight is 549 g/mol. The SMILES string of the molecule is [C-]#[N+]c1ccc(-c2ccc(OC[Si](C)(C)O[Si](C)(C)COc3ccc(-c4ccc(C#N)cc4)cc3)cc2)cc1. The van der Waals surface area contributed by atoms with E-state index in [1.165, 1.54) is 0 Å². The zero-order chi connectivity index (χ0) is 27.9. The van der Waals surface area contributed by atoms with Crippen molar-refractivity contribution in [3.63, 3.8) is 0 Å². The first kappa shape index (κ1) is 27.9. The van der Waals surface area contributed by atoms with Gasteiger partial charge in [0.2, 0.25) is 16.6 Å². The van der Waals surface area contributed by atoms with Gasteiger partial charge in [0, 0.05) is 0 Å². The van der Waals surface area contributed by atoms with Crippen molar-refractivity contribution in [2.45, 2.75) is 26.2 Å². The number of ether oxygens (including phenoxy) is 2. The van der Waals surface area contributed by atoms with Crippen molar-refractivity contribution in [2.24, 2.45) is 0 Å². The van der Waals surface area contributed by atoms with Crippen LogP contribution in [0.15, 0.2) is 97.1 Å². The first-order valence-electron chi connectivity index (χ1n) is 12.8. The Morgan fingerprint density at radius 3 is 1.33 bits per heavy atom. The summed E-state index contributed by atoms with van der Waals surface area (Å²) in [5, 5.41) is 8.99. The lowest BCUT2D eigenvalue weighted by Crippen LogP contribution is -2.51. The Morgan fingerprint density at radius 1 is 0.615 bits per heavy atom. The van der Waals surface area contributed by atoms with Crippen molar-refractivity contribution >= 4 is 22.3 Å². The molecule has 196 valence electrons. The molecule has 4 rings (SSSR count). The van der Waals surface area contributed by atoms with Crippen molar-refractivity contribution in [1.82, 2.24) is 0 Å². The Hall–Kier alpha value is -4.15. The molecule has 0 aliphatic rings. The maximum Gasteiger partial charge on any atom is 0.213 e. The van der Waals surface area contributed by atoms with Crippen molar-refractivity contribution in [3.05, 3.63) is 114 Å². The normalized spacial score (nSPS) is 11.3. The summed E-state index contributed by atoms with van der Waals surface area (Å²) >= 11 is 0. The molecule has 7 heteroatoms. The van der Waals surface area contributed by atoms with E-state index in [0.717, 1.165) is 33.8 Å². The highest BCUT2D eigenvalue weighted by Gasteiger charge is 2.34. The third kappa shape index (κ3) is 7.92. The zero-order valence-corrected chi connectivity index (χ0v) is 24.8. The summed E-state index contributed by atoms with van der Waals surface area (Å²) in [7, 11) is -4.20. The van der Waals surface area contributed by atoms with Crippen LogP contribution >= 0.6 is 0 Å². The molecule has 0 bridgehead atoms. The predicted molar refractivity (Wildman–Crippen MR) is 162 cm³/mol. The van der Waals surface area contributed by atoms with Gasteiger partial charge < -0.3 is 13.6 Å². The van der Waals surface area contributed by atoms with Crippen molar-refractivity contribution < 1.29 is 13.6 Å². The highest BCUT2D eigenvalue weighted by Crippen LogP contribution is 2.26.